The fourth-order valence-electron chi connectivity index (χ4n) is 1.81. The first-order valence-corrected chi connectivity index (χ1v) is 6.93. The minimum Gasteiger partial charge on any atom is -0.348 e. The van der Waals surface area contributed by atoms with Gasteiger partial charge in [-0.1, -0.05) is 36.8 Å². The predicted octanol–water partition coefficient (Wildman–Crippen LogP) is 2.95. The number of carbonyl (C=O) groups excluding carboxylic acids is 1. The SMILES string of the molecule is CCC(NC(=O)CNC(C)(C)C)c1ccc(C)cc1. The predicted molar refractivity (Wildman–Crippen MR) is 80.1 cm³/mol. The maximum atomic E-state index is 11.9. The molecular formula is C16H26N2O. The molecule has 0 aliphatic heterocycles. The van der Waals surface area contributed by atoms with Gasteiger partial charge >= 0.3 is 0 Å². The molecule has 0 aliphatic carbocycles. The van der Waals surface area contributed by atoms with Crippen molar-refractivity contribution < 1.29 is 4.79 Å². The van der Waals surface area contributed by atoms with Crippen LogP contribution in [0.1, 0.15) is 51.3 Å². The van der Waals surface area contributed by atoms with Crippen molar-refractivity contribution in [1.82, 2.24) is 10.6 Å². The fourth-order valence-corrected chi connectivity index (χ4v) is 1.81. The number of amides is 1. The number of benzene rings is 1. The summed E-state index contributed by atoms with van der Waals surface area (Å²) in [4.78, 5) is 11.9. The third-order valence-corrected chi connectivity index (χ3v) is 3.00. The van der Waals surface area contributed by atoms with E-state index in [-0.39, 0.29) is 17.5 Å². The Morgan fingerprint density at radius 3 is 2.26 bits per heavy atom. The Balaban J connectivity index is 2.57. The Hall–Kier alpha value is -1.35. The maximum absolute atomic E-state index is 11.9. The summed E-state index contributed by atoms with van der Waals surface area (Å²) in [6.45, 7) is 10.7. The van der Waals surface area contributed by atoms with Crippen molar-refractivity contribution in [2.75, 3.05) is 6.54 Å². The summed E-state index contributed by atoms with van der Waals surface area (Å²) in [5.74, 6) is 0.0438. The zero-order chi connectivity index (χ0) is 14.5. The Kier molecular flexibility index (Phi) is 5.55. The third kappa shape index (κ3) is 5.88. The van der Waals surface area contributed by atoms with Crippen LogP contribution in [0.3, 0.4) is 0 Å². The van der Waals surface area contributed by atoms with E-state index in [2.05, 4.69) is 69.5 Å². The summed E-state index contributed by atoms with van der Waals surface area (Å²) in [6.07, 6.45) is 0.893. The number of carbonyl (C=O) groups is 1. The normalized spacial score (nSPS) is 13.1. The van der Waals surface area contributed by atoms with E-state index in [1.807, 2.05) is 0 Å². The lowest BCUT2D eigenvalue weighted by atomic mass is 10.0. The van der Waals surface area contributed by atoms with Gasteiger partial charge in [0.25, 0.3) is 0 Å². The highest BCUT2D eigenvalue weighted by Crippen LogP contribution is 2.16. The highest BCUT2D eigenvalue weighted by atomic mass is 16.2. The van der Waals surface area contributed by atoms with Gasteiger partial charge in [0, 0.05) is 5.54 Å². The molecule has 2 N–H and O–H groups in total. The van der Waals surface area contributed by atoms with Crippen LogP contribution in [0.25, 0.3) is 0 Å². The fraction of sp³-hybridized carbons (Fsp3) is 0.562. The lowest BCUT2D eigenvalue weighted by Crippen LogP contribution is -2.44. The molecule has 0 aromatic heterocycles. The lowest BCUT2D eigenvalue weighted by Gasteiger charge is -2.22. The summed E-state index contributed by atoms with van der Waals surface area (Å²) < 4.78 is 0. The van der Waals surface area contributed by atoms with Gasteiger partial charge in [0.2, 0.25) is 5.91 Å². The molecule has 1 atom stereocenters. The van der Waals surface area contributed by atoms with E-state index in [1.54, 1.807) is 0 Å². The minimum absolute atomic E-state index is 0.0388. The van der Waals surface area contributed by atoms with Crippen molar-refractivity contribution in [3.63, 3.8) is 0 Å². The van der Waals surface area contributed by atoms with Crippen LogP contribution in [0.4, 0.5) is 0 Å². The van der Waals surface area contributed by atoms with Gasteiger partial charge in [-0.3, -0.25) is 4.79 Å². The standard InChI is InChI=1S/C16H26N2O/c1-6-14(13-9-7-12(2)8-10-13)18-15(19)11-17-16(3,4)5/h7-10,14,17H,6,11H2,1-5H3,(H,18,19). The first-order valence-electron chi connectivity index (χ1n) is 6.93. The van der Waals surface area contributed by atoms with E-state index in [4.69, 9.17) is 0 Å². The van der Waals surface area contributed by atoms with Gasteiger partial charge in [-0.25, -0.2) is 0 Å². The average molecular weight is 262 g/mol. The van der Waals surface area contributed by atoms with Crippen molar-refractivity contribution in [2.24, 2.45) is 0 Å². The van der Waals surface area contributed by atoms with E-state index < -0.39 is 0 Å². The van der Waals surface area contributed by atoms with E-state index in [0.717, 1.165) is 12.0 Å². The zero-order valence-corrected chi connectivity index (χ0v) is 12.7. The highest BCUT2D eigenvalue weighted by Gasteiger charge is 2.15. The number of hydrogen-bond donors (Lipinski definition) is 2. The minimum atomic E-state index is -0.0388. The Morgan fingerprint density at radius 1 is 1.21 bits per heavy atom. The molecule has 106 valence electrons. The van der Waals surface area contributed by atoms with E-state index >= 15 is 0 Å². The molecule has 19 heavy (non-hydrogen) atoms. The molecule has 0 spiro atoms. The zero-order valence-electron chi connectivity index (χ0n) is 12.7. The number of nitrogens with one attached hydrogen (secondary N) is 2. The maximum Gasteiger partial charge on any atom is 0.234 e. The second-order valence-corrected chi connectivity index (χ2v) is 6.04. The molecule has 0 radical (unpaired) electrons. The topological polar surface area (TPSA) is 41.1 Å². The van der Waals surface area contributed by atoms with Gasteiger partial charge in [0.15, 0.2) is 0 Å². The summed E-state index contributed by atoms with van der Waals surface area (Å²) in [7, 11) is 0. The Bertz CT molecular complexity index is 404. The van der Waals surface area contributed by atoms with Gasteiger partial charge in [-0.2, -0.15) is 0 Å². The Labute approximate surface area is 116 Å². The Morgan fingerprint density at radius 2 is 1.79 bits per heavy atom. The van der Waals surface area contributed by atoms with Gasteiger partial charge in [-0.05, 0) is 39.7 Å². The molecule has 3 heteroatoms. The van der Waals surface area contributed by atoms with Gasteiger partial charge in [0.1, 0.15) is 0 Å². The summed E-state index contributed by atoms with van der Waals surface area (Å²) in [5.41, 5.74) is 2.36. The first kappa shape index (κ1) is 15.7. The van der Waals surface area contributed by atoms with Gasteiger partial charge in [-0.15, -0.1) is 0 Å². The van der Waals surface area contributed by atoms with Crippen LogP contribution in [0.2, 0.25) is 0 Å². The van der Waals surface area contributed by atoms with Crippen molar-refractivity contribution in [3.05, 3.63) is 35.4 Å². The van der Waals surface area contributed by atoms with E-state index in [1.165, 1.54) is 5.56 Å². The molecule has 0 bridgehead atoms. The molecule has 1 aromatic rings. The van der Waals surface area contributed by atoms with Crippen molar-refractivity contribution in [2.45, 2.75) is 52.6 Å². The second kappa shape index (κ2) is 6.71. The van der Waals surface area contributed by atoms with Crippen LogP contribution in [0.5, 0.6) is 0 Å². The van der Waals surface area contributed by atoms with Crippen molar-refractivity contribution in [1.29, 1.82) is 0 Å². The second-order valence-electron chi connectivity index (χ2n) is 6.04. The van der Waals surface area contributed by atoms with E-state index in [9.17, 15) is 4.79 Å². The smallest absolute Gasteiger partial charge is 0.234 e. The summed E-state index contributed by atoms with van der Waals surface area (Å²) in [5, 5.41) is 6.27. The van der Waals surface area contributed by atoms with Gasteiger partial charge in [0.05, 0.1) is 12.6 Å². The van der Waals surface area contributed by atoms with Crippen molar-refractivity contribution in [3.8, 4) is 0 Å². The molecule has 1 rings (SSSR count). The number of aryl methyl sites for hydroxylation is 1. The van der Waals surface area contributed by atoms with Gasteiger partial charge < -0.3 is 10.6 Å². The lowest BCUT2D eigenvalue weighted by molar-refractivity contribution is -0.121. The molecule has 1 unspecified atom stereocenters. The van der Waals surface area contributed by atoms with Crippen LogP contribution in [-0.4, -0.2) is 18.0 Å². The summed E-state index contributed by atoms with van der Waals surface area (Å²) >= 11 is 0. The molecule has 3 nitrogen and oxygen atoms in total. The molecule has 1 aromatic carbocycles. The summed E-state index contributed by atoms with van der Waals surface area (Å²) in [6, 6.07) is 8.42. The monoisotopic (exact) mass is 262 g/mol. The number of rotatable bonds is 5. The van der Waals surface area contributed by atoms with E-state index in [0.29, 0.717) is 6.54 Å². The van der Waals surface area contributed by atoms with Crippen LogP contribution in [-0.2, 0) is 4.79 Å². The van der Waals surface area contributed by atoms with Crippen LogP contribution in [0, 0.1) is 6.92 Å². The molecular weight excluding hydrogens is 236 g/mol. The van der Waals surface area contributed by atoms with Crippen LogP contribution in [0.15, 0.2) is 24.3 Å². The van der Waals surface area contributed by atoms with Crippen LogP contribution >= 0.6 is 0 Å². The molecule has 0 fully saturated rings. The quantitative estimate of drug-likeness (QED) is 0.856. The number of hydrogen-bond acceptors (Lipinski definition) is 2. The molecule has 0 heterocycles. The van der Waals surface area contributed by atoms with Crippen molar-refractivity contribution >= 4 is 5.91 Å². The molecule has 0 saturated heterocycles. The largest absolute Gasteiger partial charge is 0.348 e. The molecule has 1 amide bonds. The third-order valence-electron chi connectivity index (χ3n) is 3.00. The van der Waals surface area contributed by atoms with Crippen LogP contribution < -0.4 is 10.6 Å². The first-order chi connectivity index (χ1) is 8.81. The molecule has 0 aliphatic rings. The highest BCUT2D eigenvalue weighted by molar-refractivity contribution is 5.78. The average Bonchev–Trinajstić information content (AvgIpc) is 2.34. The molecule has 0 saturated carbocycles.